The van der Waals surface area contributed by atoms with E-state index in [4.69, 9.17) is 11.6 Å². The molecule has 0 aliphatic heterocycles. The molecule has 0 atom stereocenters. The number of hydrogen-bond acceptors (Lipinski definition) is 2. The molecule has 3 nitrogen and oxygen atoms in total. The van der Waals surface area contributed by atoms with Crippen LogP contribution in [0.5, 0.6) is 0 Å². The van der Waals surface area contributed by atoms with Crippen molar-refractivity contribution >= 4 is 17.4 Å². The summed E-state index contributed by atoms with van der Waals surface area (Å²) in [6.07, 6.45) is 4.11. The molecule has 1 aliphatic rings. The highest BCUT2D eigenvalue weighted by Gasteiger charge is 2.23. The van der Waals surface area contributed by atoms with Crippen LogP contribution in [0.4, 0.5) is 0 Å². The van der Waals surface area contributed by atoms with E-state index in [1.54, 1.807) is 6.20 Å². The Hall–Kier alpha value is -1.61. The van der Waals surface area contributed by atoms with Crippen LogP contribution in [-0.2, 0) is 6.42 Å². The first-order chi connectivity index (χ1) is 8.68. The summed E-state index contributed by atoms with van der Waals surface area (Å²) < 4.78 is 1.85. The molecule has 0 fully saturated rings. The molecule has 0 spiro atoms. The van der Waals surface area contributed by atoms with Gasteiger partial charge in [0, 0.05) is 11.4 Å². The Kier molecular flexibility index (Phi) is 2.71. The van der Waals surface area contributed by atoms with Crippen molar-refractivity contribution < 1.29 is 4.79 Å². The first-order valence-corrected chi connectivity index (χ1v) is 6.42. The first kappa shape index (κ1) is 11.5. The fraction of sp³-hybridized carbons (Fsp3) is 0.286. The molecular formula is C14H13ClN2O. The van der Waals surface area contributed by atoms with Gasteiger partial charge in [0.05, 0.1) is 23.1 Å². The van der Waals surface area contributed by atoms with Crippen molar-refractivity contribution in [2.24, 2.45) is 0 Å². The highest BCUT2D eigenvalue weighted by molar-refractivity contribution is 6.31. The number of carbonyl (C=O) groups excluding carboxylic acids is 1. The SMILES string of the molecule is Cc1c(Cl)cccc1-n1ncc2c1CCCC2=O. The molecule has 0 N–H and O–H groups in total. The first-order valence-electron chi connectivity index (χ1n) is 6.04. The molecule has 0 radical (unpaired) electrons. The number of nitrogens with zero attached hydrogens (tertiary/aromatic N) is 2. The minimum Gasteiger partial charge on any atom is -0.294 e. The zero-order chi connectivity index (χ0) is 12.7. The summed E-state index contributed by atoms with van der Waals surface area (Å²) in [4.78, 5) is 11.8. The quantitative estimate of drug-likeness (QED) is 0.788. The Labute approximate surface area is 110 Å². The summed E-state index contributed by atoms with van der Waals surface area (Å²) >= 11 is 6.13. The van der Waals surface area contributed by atoms with E-state index in [0.717, 1.165) is 40.4 Å². The van der Waals surface area contributed by atoms with Gasteiger partial charge in [0.15, 0.2) is 5.78 Å². The van der Waals surface area contributed by atoms with Crippen LogP contribution in [0.3, 0.4) is 0 Å². The Morgan fingerprint density at radius 1 is 1.33 bits per heavy atom. The molecule has 1 aliphatic carbocycles. The van der Waals surface area contributed by atoms with Crippen molar-refractivity contribution in [3.8, 4) is 5.69 Å². The van der Waals surface area contributed by atoms with E-state index in [1.165, 1.54) is 0 Å². The van der Waals surface area contributed by atoms with Crippen molar-refractivity contribution in [2.75, 3.05) is 0 Å². The number of ketones is 1. The van der Waals surface area contributed by atoms with Gasteiger partial charge in [-0.3, -0.25) is 4.79 Å². The molecule has 3 rings (SSSR count). The number of halogens is 1. The van der Waals surface area contributed by atoms with Crippen LogP contribution in [0.1, 0.15) is 34.5 Å². The van der Waals surface area contributed by atoms with Gasteiger partial charge in [-0.05, 0) is 37.5 Å². The zero-order valence-corrected chi connectivity index (χ0v) is 10.9. The number of aromatic nitrogens is 2. The topological polar surface area (TPSA) is 34.9 Å². The van der Waals surface area contributed by atoms with Gasteiger partial charge in [-0.1, -0.05) is 17.7 Å². The third kappa shape index (κ3) is 1.66. The van der Waals surface area contributed by atoms with Gasteiger partial charge in [0.2, 0.25) is 0 Å². The molecule has 1 aromatic carbocycles. The Balaban J connectivity index is 2.19. The fourth-order valence-electron chi connectivity index (χ4n) is 2.43. The van der Waals surface area contributed by atoms with Crippen LogP contribution >= 0.6 is 11.6 Å². The predicted molar refractivity (Wildman–Crippen MR) is 70.6 cm³/mol. The third-order valence-corrected chi connectivity index (χ3v) is 3.86. The smallest absolute Gasteiger partial charge is 0.166 e. The average Bonchev–Trinajstić information content (AvgIpc) is 2.78. The normalized spacial score (nSPS) is 14.7. The van der Waals surface area contributed by atoms with Gasteiger partial charge >= 0.3 is 0 Å². The Morgan fingerprint density at radius 3 is 3.00 bits per heavy atom. The van der Waals surface area contributed by atoms with Crippen LogP contribution < -0.4 is 0 Å². The second-order valence-electron chi connectivity index (χ2n) is 4.58. The van der Waals surface area contributed by atoms with E-state index in [2.05, 4.69) is 5.10 Å². The van der Waals surface area contributed by atoms with Crippen molar-refractivity contribution in [1.82, 2.24) is 9.78 Å². The van der Waals surface area contributed by atoms with Crippen LogP contribution in [0.25, 0.3) is 5.69 Å². The van der Waals surface area contributed by atoms with Crippen LogP contribution in [0, 0.1) is 6.92 Å². The fourth-order valence-corrected chi connectivity index (χ4v) is 2.60. The standard InChI is InChI=1S/C14H13ClN2O/c1-9-11(15)4-2-5-12(9)17-13-6-3-7-14(18)10(13)8-16-17/h2,4-5,8H,3,6-7H2,1H3. The van der Waals surface area contributed by atoms with E-state index < -0.39 is 0 Å². The zero-order valence-electron chi connectivity index (χ0n) is 10.1. The van der Waals surface area contributed by atoms with E-state index >= 15 is 0 Å². The second-order valence-corrected chi connectivity index (χ2v) is 4.98. The molecule has 1 aromatic heterocycles. The molecule has 2 aromatic rings. The lowest BCUT2D eigenvalue weighted by molar-refractivity contribution is 0.0972. The summed E-state index contributed by atoms with van der Waals surface area (Å²) in [5.74, 6) is 0.196. The molecule has 0 saturated carbocycles. The van der Waals surface area contributed by atoms with Gasteiger partial charge in [-0.15, -0.1) is 0 Å². The minimum atomic E-state index is 0.196. The minimum absolute atomic E-state index is 0.196. The number of carbonyl (C=O) groups is 1. The largest absolute Gasteiger partial charge is 0.294 e. The summed E-state index contributed by atoms with van der Waals surface area (Å²) in [6.45, 7) is 1.97. The number of Topliss-reactive ketones (excluding diaryl/α,β-unsaturated/α-hetero) is 1. The average molecular weight is 261 g/mol. The third-order valence-electron chi connectivity index (χ3n) is 3.45. The molecule has 18 heavy (non-hydrogen) atoms. The Morgan fingerprint density at radius 2 is 2.17 bits per heavy atom. The predicted octanol–water partition coefficient (Wildman–Crippen LogP) is 3.35. The molecule has 0 amide bonds. The van der Waals surface area contributed by atoms with Crippen LogP contribution in [0.15, 0.2) is 24.4 Å². The monoisotopic (exact) mass is 260 g/mol. The maximum atomic E-state index is 11.8. The van der Waals surface area contributed by atoms with Crippen LogP contribution in [0.2, 0.25) is 5.02 Å². The number of fused-ring (bicyclic) bond motifs is 1. The van der Waals surface area contributed by atoms with E-state index in [-0.39, 0.29) is 5.78 Å². The molecular weight excluding hydrogens is 248 g/mol. The summed E-state index contributed by atoms with van der Waals surface area (Å²) in [5.41, 5.74) is 3.72. The summed E-state index contributed by atoms with van der Waals surface area (Å²) in [5, 5.41) is 5.08. The highest BCUT2D eigenvalue weighted by atomic mass is 35.5. The molecule has 4 heteroatoms. The van der Waals surface area contributed by atoms with E-state index in [9.17, 15) is 4.79 Å². The van der Waals surface area contributed by atoms with Crippen molar-refractivity contribution in [3.05, 3.63) is 46.2 Å². The second kappa shape index (κ2) is 4.25. The molecule has 1 heterocycles. The van der Waals surface area contributed by atoms with Crippen molar-refractivity contribution in [1.29, 1.82) is 0 Å². The lowest BCUT2D eigenvalue weighted by Crippen LogP contribution is -2.13. The molecule has 0 unspecified atom stereocenters. The highest BCUT2D eigenvalue weighted by Crippen LogP contribution is 2.27. The van der Waals surface area contributed by atoms with Gasteiger partial charge < -0.3 is 0 Å². The number of rotatable bonds is 1. The summed E-state index contributed by atoms with van der Waals surface area (Å²) in [6, 6.07) is 5.75. The maximum absolute atomic E-state index is 11.8. The summed E-state index contributed by atoms with van der Waals surface area (Å²) in [7, 11) is 0. The van der Waals surface area contributed by atoms with Crippen molar-refractivity contribution in [2.45, 2.75) is 26.2 Å². The Bertz CT molecular complexity index is 631. The molecule has 0 bridgehead atoms. The number of benzene rings is 1. The van der Waals surface area contributed by atoms with Gasteiger partial charge in [-0.25, -0.2) is 4.68 Å². The van der Waals surface area contributed by atoms with Gasteiger partial charge in [0.25, 0.3) is 0 Å². The van der Waals surface area contributed by atoms with E-state index in [1.807, 2.05) is 29.8 Å². The lowest BCUT2D eigenvalue weighted by Gasteiger charge is -2.15. The maximum Gasteiger partial charge on any atom is 0.166 e. The van der Waals surface area contributed by atoms with Gasteiger partial charge in [0.1, 0.15) is 0 Å². The lowest BCUT2D eigenvalue weighted by atomic mass is 9.97. The van der Waals surface area contributed by atoms with Crippen LogP contribution in [-0.4, -0.2) is 15.6 Å². The number of hydrogen-bond donors (Lipinski definition) is 0. The molecule has 92 valence electrons. The van der Waals surface area contributed by atoms with Crippen molar-refractivity contribution in [3.63, 3.8) is 0 Å². The molecule has 0 saturated heterocycles. The van der Waals surface area contributed by atoms with E-state index in [0.29, 0.717) is 6.42 Å². The van der Waals surface area contributed by atoms with Gasteiger partial charge in [-0.2, -0.15) is 5.10 Å².